The van der Waals surface area contributed by atoms with Gasteiger partial charge in [0.2, 0.25) is 10.0 Å². The first kappa shape index (κ1) is 15.2. The molecule has 0 fully saturated rings. The van der Waals surface area contributed by atoms with Gasteiger partial charge in [-0.15, -0.1) is 0 Å². The largest absolute Gasteiger partial charge is 0.260 e. The summed E-state index contributed by atoms with van der Waals surface area (Å²) in [4.78, 5) is 4.14. The quantitative estimate of drug-likeness (QED) is 0.914. The third-order valence-corrected chi connectivity index (χ3v) is 4.34. The number of nitriles is 1. The molecule has 1 aromatic carbocycles. The fourth-order valence-corrected chi connectivity index (χ4v) is 3.01. The molecular formula is C15H15N3O2S. The number of hydrogen-bond acceptors (Lipinski definition) is 4. The Hall–Kier alpha value is -2.23. The van der Waals surface area contributed by atoms with Crippen LogP contribution in [0, 0.1) is 18.3 Å². The Bertz CT molecular complexity index is 780. The van der Waals surface area contributed by atoms with Crippen LogP contribution in [0.3, 0.4) is 0 Å². The summed E-state index contributed by atoms with van der Waals surface area (Å²) in [5, 5.41) is 8.98. The fraction of sp³-hybridized carbons (Fsp3) is 0.200. The zero-order chi connectivity index (χ0) is 15.3. The molecule has 1 heterocycles. The first-order chi connectivity index (χ1) is 10.0. The van der Waals surface area contributed by atoms with Crippen LogP contribution in [0.4, 0.5) is 0 Å². The standard InChI is InChI=1S/C15H15N3O2S/c1-12-5-4-8-17-15(12)10-18-21(19,20)11-14-7-3-2-6-13(14)9-16/h2-8,18H,10-11H2,1H3. The van der Waals surface area contributed by atoms with Gasteiger partial charge in [-0.1, -0.05) is 24.3 Å². The minimum Gasteiger partial charge on any atom is -0.260 e. The van der Waals surface area contributed by atoms with Crippen LogP contribution in [0.5, 0.6) is 0 Å². The van der Waals surface area contributed by atoms with Crippen molar-refractivity contribution < 1.29 is 8.42 Å². The summed E-state index contributed by atoms with van der Waals surface area (Å²) in [6.07, 6.45) is 1.63. The Kier molecular flexibility index (Phi) is 4.68. The molecule has 0 aliphatic rings. The van der Waals surface area contributed by atoms with Gasteiger partial charge in [0.25, 0.3) is 0 Å². The summed E-state index contributed by atoms with van der Waals surface area (Å²) in [7, 11) is -3.52. The molecule has 0 radical (unpaired) electrons. The van der Waals surface area contributed by atoms with Crippen molar-refractivity contribution in [2.45, 2.75) is 19.2 Å². The fourth-order valence-electron chi connectivity index (χ4n) is 1.89. The molecule has 0 saturated carbocycles. The molecular weight excluding hydrogens is 286 g/mol. The Morgan fingerprint density at radius 2 is 2.00 bits per heavy atom. The maximum absolute atomic E-state index is 12.1. The molecule has 108 valence electrons. The predicted molar refractivity (Wildman–Crippen MR) is 79.6 cm³/mol. The van der Waals surface area contributed by atoms with E-state index >= 15 is 0 Å². The van der Waals surface area contributed by atoms with Gasteiger partial charge in [-0.05, 0) is 30.2 Å². The molecule has 0 aliphatic carbocycles. The topological polar surface area (TPSA) is 82.8 Å². The van der Waals surface area contributed by atoms with Crippen molar-refractivity contribution in [3.05, 3.63) is 65.0 Å². The van der Waals surface area contributed by atoms with Gasteiger partial charge >= 0.3 is 0 Å². The van der Waals surface area contributed by atoms with Crippen LogP contribution in [0.1, 0.15) is 22.4 Å². The Balaban J connectivity index is 2.10. The number of nitrogens with zero attached hydrogens (tertiary/aromatic N) is 2. The van der Waals surface area contributed by atoms with Gasteiger partial charge in [0.1, 0.15) is 0 Å². The molecule has 21 heavy (non-hydrogen) atoms. The van der Waals surface area contributed by atoms with Crippen LogP contribution in [0.15, 0.2) is 42.6 Å². The summed E-state index contributed by atoms with van der Waals surface area (Å²) in [6.45, 7) is 2.02. The Morgan fingerprint density at radius 1 is 1.24 bits per heavy atom. The highest BCUT2D eigenvalue weighted by molar-refractivity contribution is 7.88. The number of nitrogens with one attached hydrogen (secondary N) is 1. The zero-order valence-electron chi connectivity index (χ0n) is 11.6. The minimum absolute atomic E-state index is 0.143. The van der Waals surface area contributed by atoms with Crippen LogP contribution >= 0.6 is 0 Å². The molecule has 2 aromatic rings. The van der Waals surface area contributed by atoms with Crippen molar-refractivity contribution in [3.8, 4) is 6.07 Å². The molecule has 1 aromatic heterocycles. The van der Waals surface area contributed by atoms with E-state index in [4.69, 9.17) is 5.26 Å². The second kappa shape index (κ2) is 6.48. The van der Waals surface area contributed by atoms with Crippen LogP contribution < -0.4 is 4.72 Å². The highest BCUT2D eigenvalue weighted by Gasteiger charge is 2.14. The summed E-state index contributed by atoms with van der Waals surface area (Å²) in [6, 6.07) is 12.3. The smallest absolute Gasteiger partial charge is 0.216 e. The minimum atomic E-state index is -3.52. The molecule has 0 atom stereocenters. The van der Waals surface area contributed by atoms with Crippen molar-refractivity contribution in [3.63, 3.8) is 0 Å². The Morgan fingerprint density at radius 3 is 2.71 bits per heavy atom. The number of aryl methyl sites for hydroxylation is 1. The van der Waals surface area contributed by atoms with E-state index in [1.807, 2.05) is 19.1 Å². The van der Waals surface area contributed by atoms with E-state index in [9.17, 15) is 8.42 Å². The number of rotatable bonds is 5. The lowest BCUT2D eigenvalue weighted by atomic mass is 10.1. The predicted octanol–water partition coefficient (Wildman–Crippen LogP) is 1.88. The Labute approximate surface area is 124 Å². The first-order valence-corrected chi connectivity index (χ1v) is 8.03. The number of pyridine rings is 1. The molecule has 6 heteroatoms. The molecule has 2 rings (SSSR count). The van der Waals surface area contributed by atoms with Gasteiger partial charge in [0.05, 0.1) is 29.6 Å². The summed E-state index contributed by atoms with van der Waals surface area (Å²) >= 11 is 0. The lowest BCUT2D eigenvalue weighted by molar-refractivity contribution is 0.579. The average Bonchev–Trinajstić information content (AvgIpc) is 2.47. The maximum atomic E-state index is 12.1. The molecule has 0 amide bonds. The molecule has 5 nitrogen and oxygen atoms in total. The van der Waals surface area contributed by atoms with E-state index in [2.05, 4.69) is 9.71 Å². The van der Waals surface area contributed by atoms with Gasteiger partial charge in [-0.25, -0.2) is 13.1 Å². The molecule has 0 saturated heterocycles. The third-order valence-electron chi connectivity index (χ3n) is 3.06. The lowest BCUT2D eigenvalue weighted by Gasteiger charge is -2.09. The van der Waals surface area contributed by atoms with Gasteiger partial charge in [0.15, 0.2) is 0 Å². The number of aromatic nitrogens is 1. The summed E-state index contributed by atoms with van der Waals surface area (Å²) < 4.78 is 26.7. The highest BCUT2D eigenvalue weighted by Crippen LogP contribution is 2.11. The number of sulfonamides is 1. The van der Waals surface area contributed by atoms with E-state index < -0.39 is 10.0 Å². The van der Waals surface area contributed by atoms with E-state index in [0.717, 1.165) is 5.56 Å². The van der Waals surface area contributed by atoms with E-state index in [0.29, 0.717) is 16.8 Å². The van der Waals surface area contributed by atoms with Crippen LogP contribution in [-0.2, 0) is 22.3 Å². The molecule has 1 N–H and O–H groups in total. The molecule has 0 spiro atoms. The first-order valence-electron chi connectivity index (χ1n) is 6.37. The highest BCUT2D eigenvalue weighted by atomic mass is 32.2. The van der Waals surface area contributed by atoms with Gasteiger partial charge in [-0.3, -0.25) is 4.98 Å². The van der Waals surface area contributed by atoms with Crippen LogP contribution in [0.25, 0.3) is 0 Å². The van der Waals surface area contributed by atoms with Gasteiger partial charge < -0.3 is 0 Å². The van der Waals surface area contributed by atoms with Crippen LogP contribution in [-0.4, -0.2) is 13.4 Å². The van der Waals surface area contributed by atoms with Crippen molar-refractivity contribution >= 4 is 10.0 Å². The SMILES string of the molecule is Cc1cccnc1CNS(=O)(=O)Cc1ccccc1C#N. The van der Waals surface area contributed by atoms with E-state index in [1.165, 1.54) is 0 Å². The van der Waals surface area contributed by atoms with Crippen molar-refractivity contribution in [1.82, 2.24) is 9.71 Å². The van der Waals surface area contributed by atoms with Gasteiger partial charge in [0, 0.05) is 6.20 Å². The zero-order valence-corrected chi connectivity index (χ0v) is 12.4. The monoisotopic (exact) mass is 301 g/mol. The van der Waals surface area contributed by atoms with Crippen LogP contribution in [0.2, 0.25) is 0 Å². The molecule has 0 aliphatic heterocycles. The maximum Gasteiger partial charge on any atom is 0.216 e. The van der Waals surface area contributed by atoms with E-state index in [-0.39, 0.29) is 12.3 Å². The summed E-state index contributed by atoms with van der Waals surface area (Å²) in [5.74, 6) is -0.220. The van der Waals surface area contributed by atoms with Gasteiger partial charge in [-0.2, -0.15) is 5.26 Å². The summed E-state index contributed by atoms with van der Waals surface area (Å²) in [5.41, 5.74) is 2.48. The van der Waals surface area contributed by atoms with Crippen molar-refractivity contribution in [2.24, 2.45) is 0 Å². The second-order valence-corrected chi connectivity index (χ2v) is 6.42. The number of benzene rings is 1. The van der Waals surface area contributed by atoms with Crippen molar-refractivity contribution in [2.75, 3.05) is 0 Å². The molecule has 0 bridgehead atoms. The number of hydrogen-bond donors (Lipinski definition) is 1. The lowest BCUT2D eigenvalue weighted by Crippen LogP contribution is -2.25. The third kappa shape index (κ3) is 4.12. The normalized spacial score (nSPS) is 11.0. The average molecular weight is 301 g/mol. The van der Waals surface area contributed by atoms with E-state index in [1.54, 1.807) is 36.5 Å². The second-order valence-electron chi connectivity index (χ2n) is 4.62. The molecule has 0 unspecified atom stereocenters. The van der Waals surface area contributed by atoms with Crippen molar-refractivity contribution in [1.29, 1.82) is 5.26 Å².